The van der Waals surface area contributed by atoms with Gasteiger partial charge in [0.1, 0.15) is 17.0 Å². The number of carboxylic acid groups (broad SMARTS) is 1. The first-order valence-electron chi connectivity index (χ1n) is 8.92. The lowest BCUT2D eigenvalue weighted by Gasteiger charge is -2.10. The van der Waals surface area contributed by atoms with E-state index in [4.69, 9.17) is 5.11 Å². The van der Waals surface area contributed by atoms with Crippen LogP contribution in [0.25, 0.3) is 11.0 Å². The van der Waals surface area contributed by atoms with Crippen LogP contribution in [0.5, 0.6) is 0 Å². The number of hydrogen-bond donors (Lipinski definition) is 4. The Morgan fingerprint density at radius 3 is 2.45 bits per heavy atom. The molecule has 0 spiro atoms. The third-order valence-corrected chi connectivity index (χ3v) is 4.28. The third-order valence-electron chi connectivity index (χ3n) is 4.28. The molecular weight excluding hydrogens is 372 g/mol. The molecule has 0 radical (unpaired) electrons. The Morgan fingerprint density at radius 2 is 1.76 bits per heavy atom. The van der Waals surface area contributed by atoms with Gasteiger partial charge in [0, 0.05) is 5.69 Å². The van der Waals surface area contributed by atoms with Crippen LogP contribution in [0.1, 0.15) is 11.4 Å². The first-order chi connectivity index (χ1) is 14.1. The molecule has 0 atom stereocenters. The van der Waals surface area contributed by atoms with Crippen LogP contribution in [0.3, 0.4) is 0 Å². The molecule has 4 N–H and O–H groups in total. The highest BCUT2D eigenvalue weighted by atomic mass is 16.4. The fourth-order valence-electron chi connectivity index (χ4n) is 2.99. The van der Waals surface area contributed by atoms with Crippen LogP contribution in [-0.2, 0) is 13.1 Å². The maximum atomic E-state index is 12.8. The summed E-state index contributed by atoms with van der Waals surface area (Å²) in [6.45, 7) is 0.321. The topological polar surface area (TPSA) is 125 Å². The average molecular weight is 390 g/mol. The highest BCUT2D eigenvalue weighted by molar-refractivity contribution is 5.88. The van der Waals surface area contributed by atoms with Crippen LogP contribution in [0, 0.1) is 0 Å². The summed E-state index contributed by atoms with van der Waals surface area (Å²) in [6.07, 6.45) is -1.20. The van der Waals surface area contributed by atoms with E-state index in [0.29, 0.717) is 17.7 Å². The van der Waals surface area contributed by atoms with Gasteiger partial charge in [-0.25, -0.2) is 14.5 Å². The fraction of sp³-hybridized carbons (Fsp3) is 0.100. The van der Waals surface area contributed by atoms with Gasteiger partial charge >= 0.3 is 6.09 Å². The van der Waals surface area contributed by atoms with E-state index >= 15 is 0 Å². The Balaban J connectivity index is 1.80. The number of aromatic nitrogens is 4. The summed E-state index contributed by atoms with van der Waals surface area (Å²) in [5, 5.41) is 19.0. The average Bonchev–Trinajstić information content (AvgIpc) is 3.05. The zero-order chi connectivity index (χ0) is 20.2. The molecule has 0 aliphatic heterocycles. The first kappa shape index (κ1) is 18.2. The van der Waals surface area contributed by atoms with Crippen molar-refractivity contribution < 1.29 is 9.90 Å². The number of carbonyl (C=O) groups is 1. The van der Waals surface area contributed by atoms with E-state index < -0.39 is 11.7 Å². The van der Waals surface area contributed by atoms with Crippen LogP contribution >= 0.6 is 0 Å². The molecule has 9 nitrogen and oxygen atoms in total. The van der Waals surface area contributed by atoms with E-state index in [9.17, 15) is 9.59 Å². The minimum atomic E-state index is -1.20. The molecule has 29 heavy (non-hydrogen) atoms. The van der Waals surface area contributed by atoms with Crippen molar-refractivity contribution in [3.8, 4) is 0 Å². The van der Waals surface area contributed by atoms with Crippen molar-refractivity contribution in [2.24, 2.45) is 0 Å². The molecule has 2 aromatic heterocycles. The van der Waals surface area contributed by atoms with E-state index in [1.54, 1.807) is 4.68 Å². The van der Waals surface area contributed by atoms with Crippen LogP contribution in [0.15, 0.2) is 65.5 Å². The number of H-pyrrole nitrogens is 1. The number of hydrogen-bond acceptors (Lipinski definition) is 5. The molecule has 0 bridgehead atoms. The van der Waals surface area contributed by atoms with Gasteiger partial charge in [-0.2, -0.15) is 0 Å². The van der Waals surface area contributed by atoms with Gasteiger partial charge in [-0.15, -0.1) is 5.10 Å². The largest absolute Gasteiger partial charge is 0.465 e. The quantitative estimate of drug-likeness (QED) is 0.401. The predicted molar refractivity (Wildman–Crippen MR) is 108 cm³/mol. The summed E-state index contributed by atoms with van der Waals surface area (Å²) < 4.78 is 1.68. The summed E-state index contributed by atoms with van der Waals surface area (Å²) in [5.74, 6) is 0.710. The molecule has 0 saturated heterocycles. The molecule has 146 valence electrons. The van der Waals surface area contributed by atoms with Gasteiger partial charge < -0.3 is 20.7 Å². The van der Waals surface area contributed by atoms with Gasteiger partial charge in [0.15, 0.2) is 5.65 Å². The van der Waals surface area contributed by atoms with Crippen LogP contribution in [0.2, 0.25) is 0 Å². The minimum Gasteiger partial charge on any atom is -0.465 e. The zero-order valence-corrected chi connectivity index (χ0v) is 15.3. The van der Waals surface area contributed by atoms with Crippen LogP contribution in [-0.4, -0.2) is 30.9 Å². The maximum Gasteiger partial charge on any atom is 0.405 e. The maximum absolute atomic E-state index is 12.8. The number of aromatic amines is 1. The summed E-state index contributed by atoms with van der Waals surface area (Å²) >= 11 is 0. The highest BCUT2D eigenvalue weighted by Gasteiger charge is 2.18. The Hall–Kier alpha value is -4.14. The first-order valence-corrected chi connectivity index (χ1v) is 8.92. The van der Waals surface area contributed by atoms with Crippen molar-refractivity contribution in [2.45, 2.75) is 13.1 Å². The molecule has 9 heteroatoms. The molecule has 2 heterocycles. The van der Waals surface area contributed by atoms with E-state index in [-0.39, 0.29) is 18.0 Å². The molecule has 0 unspecified atom stereocenters. The van der Waals surface area contributed by atoms with Gasteiger partial charge in [0.25, 0.3) is 5.56 Å². The SMILES string of the molecule is O=C(O)NCc1nc2nn(Cc3ccccc3)c(Nc3ccccc3)c2c(=O)[nH]1. The summed E-state index contributed by atoms with van der Waals surface area (Å²) in [7, 11) is 0. The smallest absolute Gasteiger partial charge is 0.405 e. The van der Waals surface area contributed by atoms with Crippen molar-refractivity contribution in [2.75, 3.05) is 5.32 Å². The van der Waals surface area contributed by atoms with Crippen molar-refractivity contribution in [1.82, 2.24) is 25.1 Å². The van der Waals surface area contributed by atoms with Crippen molar-refractivity contribution in [1.29, 1.82) is 0 Å². The van der Waals surface area contributed by atoms with E-state index in [0.717, 1.165) is 11.3 Å². The molecule has 4 rings (SSSR count). The number of anilines is 2. The van der Waals surface area contributed by atoms with E-state index in [1.807, 2.05) is 60.7 Å². The molecular formula is C20H18N6O3. The Labute approximate surface area is 165 Å². The standard InChI is InChI=1S/C20H18N6O3/c27-19-16-17(23-15(24-19)11-21-20(28)29)25-26(12-13-7-3-1-4-8-13)18(16)22-14-9-5-2-6-10-14/h1-10,21-22H,11-12H2,(H,28,29)(H,23,24,25,27). The lowest BCUT2D eigenvalue weighted by molar-refractivity contribution is 0.193. The normalized spacial score (nSPS) is 10.8. The molecule has 0 aliphatic rings. The summed E-state index contributed by atoms with van der Waals surface area (Å²) in [5.41, 5.74) is 1.67. The fourth-order valence-corrected chi connectivity index (χ4v) is 2.99. The number of rotatable bonds is 6. The highest BCUT2D eigenvalue weighted by Crippen LogP contribution is 2.24. The molecule has 0 aliphatic carbocycles. The number of fused-ring (bicyclic) bond motifs is 1. The monoisotopic (exact) mass is 390 g/mol. The second kappa shape index (κ2) is 7.85. The van der Waals surface area contributed by atoms with Crippen molar-refractivity contribution >= 4 is 28.6 Å². The summed E-state index contributed by atoms with van der Waals surface area (Å²) in [4.78, 5) is 30.4. The van der Waals surface area contributed by atoms with Gasteiger partial charge in [0.05, 0.1) is 13.1 Å². The summed E-state index contributed by atoms with van der Waals surface area (Å²) in [6, 6.07) is 19.2. The Morgan fingerprint density at radius 1 is 1.07 bits per heavy atom. The molecule has 0 saturated carbocycles. The van der Waals surface area contributed by atoms with Gasteiger partial charge in [0.2, 0.25) is 0 Å². The second-order valence-corrected chi connectivity index (χ2v) is 6.35. The zero-order valence-electron chi connectivity index (χ0n) is 15.3. The number of nitrogens with zero attached hydrogens (tertiary/aromatic N) is 3. The second-order valence-electron chi connectivity index (χ2n) is 6.35. The van der Waals surface area contributed by atoms with Crippen molar-refractivity contribution in [3.05, 3.63) is 82.4 Å². The van der Waals surface area contributed by atoms with E-state index in [1.165, 1.54) is 0 Å². The number of amides is 1. The number of para-hydroxylation sites is 1. The third kappa shape index (κ3) is 4.08. The number of nitrogens with one attached hydrogen (secondary N) is 3. The van der Waals surface area contributed by atoms with Crippen molar-refractivity contribution in [3.63, 3.8) is 0 Å². The molecule has 2 aromatic carbocycles. The molecule has 4 aromatic rings. The molecule has 0 fully saturated rings. The van der Waals surface area contributed by atoms with Gasteiger partial charge in [-0.1, -0.05) is 48.5 Å². The predicted octanol–water partition coefficient (Wildman–Crippen LogP) is 2.68. The molecule has 1 amide bonds. The van der Waals surface area contributed by atoms with Gasteiger partial charge in [-0.3, -0.25) is 4.79 Å². The number of benzene rings is 2. The Bertz CT molecular complexity index is 1200. The van der Waals surface area contributed by atoms with Crippen LogP contribution < -0.4 is 16.2 Å². The Kier molecular flexibility index (Phi) is 4.93. The minimum absolute atomic E-state index is 0.118. The van der Waals surface area contributed by atoms with E-state index in [2.05, 4.69) is 25.7 Å². The lowest BCUT2D eigenvalue weighted by Crippen LogP contribution is -2.23. The lowest BCUT2D eigenvalue weighted by atomic mass is 10.2. The van der Waals surface area contributed by atoms with Gasteiger partial charge in [-0.05, 0) is 17.7 Å². The van der Waals surface area contributed by atoms with Crippen LogP contribution in [0.4, 0.5) is 16.3 Å².